The third-order valence-corrected chi connectivity index (χ3v) is 6.43. The van der Waals surface area contributed by atoms with Gasteiger partial charge in [0.15, 0.2) is 0 Å². The van der Waals surface area contributed by atoms with Crippen molar-refractivity contribution in [2.45, 2.75) is 32.6 Å². The van der Waals surface area contributed by atoms with Gasteiger partial charge in [-0.15, -0.1) is 0 Å². The smallest absolute Gasteiger partial charge is 0.257 e. The van der Waals surface area contributed by atoms with Crippen LogP contribution in [0.1, 0.15) is 41.7 Å². The molecule has 10 nitrogen and oxygen atoms in total. The number of pyridine rings is 2. The van der Waals surface area contributed by atoms with Crippen molar-refractivity contribution in [1.29, 1.82) is 0 Å². The highest BCUT2D eigenvalue weighted by Gasteiger charge is 2.15. The van der Waals surface area contributed by atoms with Gasteiger partial charge < -0.3 is 15.6 Å². The SMILES string of the molecule is Cc1ncc(NC(=O)CN2CCCCCC2)cc1NC(=O)c1cnc2[nH]c(-c3cnn(C)c3)cc2c1. The van der Waals surface area contributed by atoms with Crippen molar-refractivity contribution in [3.8, 4) is 11.3 Å². The number of nitrogens with zero attached hydrogens (tertiary/aromatic N) is 5. The van der Waals surface area contributed by atoms with E-state index >= 15 is 0 Å². The molecule has 3 N–H and O–H groups in total. The number of rotatable bonds is 6. The zero-order valence-corrected chi connectivity index (χ0v) is 20.5. The fourth-order valence-electron chi connectivity index (χ4n) is 4.48. The van der Waals surface area contributed by atoms with Gasteiger partial charge in [0, 0.05) is 30.4 Å². The number of nitrogens with one attached hydrogen (secondary N) is 3. The number of carbonyl (C=O) groups excluding carboxylic acids is 2. The molecule has 1 saturated heterocycles. The molecule has 0 bridgehead atoms. The average molecular weight is 487 g/mol. The summed E-state index contributed by atoms with van der Waals surface area (Å²) in [5, 5.41) is 10.9. The van der Waals surface area contributed by atoms with Gasteiger partial charge in [0.2, 0.25) is 5.91 Å². The van der Waals surface area contributed by atoms with Gasteiger partial charge in [0.1, 0.15) is 5.65 Å². The zero-order chi connectivity index (χ0) is 25.1. The van der Waals surface area contributed by atoms with E-state index in [1.165, 1.54) is 19.0 Å². The second-order valence-electron chi connectivity index (χ2n) is 9.30. The first-order valence-corrected chi connectivity index (χ1v) is 12.2. The number of H-pyrrole nitrogens is 1. The number of hydrogen-bond acceptors (Lipinski definition) is 6. The number of amides is 2. The Hall–Kier alpha value is -4.05. The summed E-state index contributed by atoms with van der Waals surface area (Å²) < 4.78 is 1.73. The molecule has 0 aromatic carbocycles. The molecule has 0 atom stereocenters. The molecule has 1 aliphatic rings. The quantitative estimate of drug-likeness (QED) is 0.382. The van der Waals surface area contributed by atoms with Crippen molar-refractivity contribution in [2.24, 2.45) is 7.05 Å². The Morgan fingerprint density at radius 2 is 1.81 bits per heavy atom. The number of fused-ring (bicyclic) bond motifs is 1. The van der Waals surface area contributed by atoms with Gasteiger partial charge in [0.05, 0.1) is 47.3 Å². The maximum absolute atomic E-state index is 13.0. The highest BCUT2D eigenvalue weighted by Crippen LogP contribution is 2.24. The fraction of sp³-hybridized carbons (Fsp3) is 0.346. The lowest BCUT2D eigenvalue weighted by Gasteiger charge is -2.19. The highest BCUT2D eigenvalue weighted by atomic mass is 16.2. The Labute approximate surface area is 209 Å². The molecule has 36 heavy (non-hydrogen) atoms. The molecule has 0 unspecified atom stereocenters. The topological polar surface area (TPSA) is 121 Å². The van der Waals surface area contributed by atoms with E-state index < -0.39 is 0 Å². The van der Waals surface area contributed by atoms with E-state index in [0.29, 0.717) is 34.8 Å². The summed E-state index contributed by atoms with van der Waals surface area (Å²) in [5.74, 6) is -0.377. The molecule has 0 saturated carbocycles. The van der Waals surface area contributed by atoms with E-state index in [4.69, 9.17) is 0 Å². The summed E-state index contributed by atoms with van der Waals surface area (Å²) in [7, 11) is 1.86. The summed E-state index contributed by atoms with van der Waals surface area (Å²) in [6, 6.07) is 5.48. The lowest BCUT2D eigenvalue weighted by Crippen LogP contribution is -2.34. The normalized spacial score (nSPS) is 14.5. The van der Waals surface area contributed by atoms with Crippen LogP contribution in [0.25, 0.3) is 22.3 Å². The number of aromatic nitrogens is 5. The Morgan fingerprint density at radius 1 is 1.00 bits per heavy atom. The van der Waals surface area contributed by atoms with Gasteiger partial charge >= 0.3 is 0 Å². The predicted molar refractivity (Wildman–Crippen MR) is 139 cm³/mol. The first-order valence-electron chi connectivity index (χ1n) is 12.2. The lowest BCUT2D eigenvalue weighted by atomic mass is 10.2. The Balaban J connectivity index is 1.27. The Kier molecular flexibility index (Phi) is 6.77. The molecule has 4 aromatic heterocycles. The third kappa shape index (κ3) is 5.44. The number of hydrogen-bond donors (Lipinski definition) is 3. The van der Waals surface area contributed by atoms with Crippen molar-refractivity contribution in [2.75, 3.05) is 30.3 Å². The lowest BCUT2D eigenvalue weighted by molar-refractivity contribution is -0.117. The highest BCUT2D eigenvalue weighted by molar-refractivity contribution is 6.06. The largest absolute Gasteiger partial charge is 0.339 e. The minimum atomic E-state index is -0.300. The third-order valence-electron chi connectivity index (χ3n) is 6.43. The van der Waals surface area contributed by atoms with E-state index in [-0.39, 0.29) is 11.8 Å². The maximum Gasteiger partial charge on any atom is 0.257 e. The van der Waals surface area contributed by atoms with Crippen molar-refractivity contribution in [1.82, 2.24) is 29.6 Å². The number of carbonyl (C=O) groups is 2. The van der Waals surface area contributed by atoms with Crippen LogP contribution in [-0.2, 0) is 11.8 Å². The van der Waals surface area contributed by atoms with Gasteiger partial charge in [-0.3, -0.25) is 24.2 Å². The van der Waals surface area contributed by atoms with Crippen LogP contribution in [0.15, 0.2) is 43.0 Å². The molecule has 0 aliphatic carbocycles. The van der Waals surface area contributed by atoms with E-state index in [0.717, 1.165) is 42.6 Å². The summed E-state index contributed by atoms with van der Waals surface area (Å²) >= 11 is 0. The second kappa shape index (κ2) is 10.3. The molecular formula is C26H30N8O2. The molecule has 5 heterocycles. The minimum absolute atomic E-state index is 0.0774. The van der Waals surface area contributed by atoms with Crippen LogP contribution in [0.3, 0.4) is 0 Å². The Bertz CT molecular complexity index is 1400. The van der Waals surface area contributed by atoms with E-state index in [2.05, 4.69) is 35.6 Å². The van der Waals surface area contributed by atoms with Gasteiger partial charge in [-0.2, -0.15) is 5.10 Å². The molecule has 0 radical (unpaired) electrons. The van der Waals surface area contributed by atoms with Crippen LogP contribution >= 0.6 is 0 Å². The summed E-state index contributed by atoms with van der Waals surface area (Å²) in [5.41, 5.74) is 4.69. The zero-order valence-electron chi connectivity index (χ0n) is 20.5. The molecule has 186 valence electrons. The molecule has 10 heteroatoms. The van der Waals surface area contributed by atoms with Gasteiger partial charge in [-0.25, -0.2) is 4.98 Å². The molecule has 4 aromatic rings. The average Bonchev–Trinajstić information content (AvgIpc) is 3.40. The Morgan fingerprint density at radius 3 is 2.56 bits per heavy atom. The van der Waals surface area contributed by atoms with E-state index in [9.17, 15) is 9.59 Å². The van der Waals surface area contributed by atoms with Crippen LogP contribution in [0.4, 0.5) is 11.4 Å². The first-order chi connectivity index (χ1) is 17.4. The molecule has 1 fully saturated rings. The number of likely N-dealkylation sites (tertiary alicyclic amines) is 1. The standard InChI is InChI=1S/C26H30N8O2/c1-17-22(11-21(14-27-17)30-24(35)16-34-7-5-3-4-6-8-34)32-26(36)19-9-18-10-23(31-25(18)28-12-19)20-13-29-33(2)15-20/h9-15H,3-8,16H2,1-2H3,(H,28,31)(H,30,35)(H,32,36). The summed E-state index contributed by atoms with van der Waals surface area (Å²) in [6.07, 6.45) is 11.5. The molecular weight excluding hydrogens is 456 g/mol. The number of aryl methyl sites for hydroxylation is 2. The second-order valence-corrected chi connectivity index (χ2v) is 9.30. The molecule has 0 spiro atoms. The van der Waals surface area contributed by atoms with Crippen LogP contribution in [-0.4, -0.2) is 61.1 Å². The van der Waals surface area contributed by atoms with E-state index in [1.807, 2.05) is 26.2 Å². The monoisotopic (exact) mass is 486 g/mol. The van der Waals surface area contributed by atoms with Crippen molar-refractivity contribution < 1.29 is 9.59 Å². The molecule has 5 rings (SSSR count). The predicted octanol–water partition coefficient (Wildman–Crippen LogP) is 3.73. The van der Waals surface area contributed by atoms with Crippen LogP contribution in [0.5, 0.6) is 0 Å². The van der Waals surface area contributed by atoms with E-state index in [1.54, 1.807) is 29.2 Å². The maximum atomic E-state index is 13.0. The van der Waals surface area contributed by atoms with Crippen molar-refractivity contribution in [3.63, 3.8) is 0 Å². The molecule has 2 amide bonds. The van der Waals surface area contributed by atoms with Crippen molar-refractivity contribution in [3.05, 3.63) is 54.2 Å². The first kappa shape index (κ1) is 23.7. The number of aromatic amines is 1. The summed E-state index contributed by atoms with van der Waals surface area (Å²) in [4.78, 5) is 39.8. The van der Waals surface area contributed by atoms with Gasteiger partial charge in [-0.1, -0.05) is 12.8 Å². The summed E-state index contributed by atoms with van der Waals surface area (Å²) in [6.45, 7) is 4.07. The van der Waals surface area contributed by atoms with Crippen LogP contribution < -0.4 is 10.6 Å². The van der Waals surface area contributed by atoms with Crippen LogP contribution in [0.2, 0.25) is 0 Å². The minimum Gasteiger partial charge on any atom is -0.339 e. The fourth-order valence-corrected chi connectivity index (χ4v) is 4.48. The molecule has 1 aliphatic heterocycles. The van der Waals surface area contributed by atoms with Crippen LogP contribution in [0, 0.1) is 6.92 Å². The van der Waals surface area contributed by atoms with Gasteiger partial charge in [-0.05, 0) is 51.1 Å². The van der Waals surface area contributed by atoms with Crippen molar-refractivity contribution >= 4 is 34.2 Å². The van der Waals surface area contributed by atoms with Gasteiger partial charge in [0.25, 0.3) is 5.91 Å². The number of anilines is 2.